The molecule has 1 fully saturated rings. The van der Waals surface area contributed by atoms with Gasteiger partial charge in [0.1, 0.15) is 5.69 Å². The molecule has 0 radical (unpaired) electrons. The van der Waals surface area contributed by atoms with Crippen LogP contribution in [0.4, 0.5) is 5.69 Å². The Balaban J connectivity index is 2.15. The SMILES string of the molecule is CCN(CC)c1ccnc(C(=O)N2CCCCC2)c1. The topological polar surface area (TPSA) is 36.4 Å². The van der Waals surface area contributed by atoms with Gasteiger partial charge in [0.2, 0.25) is 0 Å². The minimum absolute atomic E-state index is 0.0775. The molecule has 19 heavy (non-hydrogen) atoms. The van der Waals surface area contributed by atoms with Crippen molar-refractivity contribution in [3.63, 3.8) is 0 Å². The van der Waals surface area contributed by atoms with Crippen LogP contribution < -0.4 is 4.90 Å². The van der Waals surface area contributed by atoms with Gasteiger partial charge in [-0.05, 0) is 45.2 Å². The van der Waals surface area contributed by atoms with Gasteiger partial charge in [0, 0.05) is 38.1 Å². The van der Waals surface area contributed by atoms with E-state index in [0.717, 1.165) is 44.7 Å². The molecule has 0 aromatic carbocycles. The van der Waals surface area contributed by atoms with Gasteiger partial charge in [0.05, 0.1) is 0 Å². The van der Waals surface area contributed by atoms with Crippen molar-refractivity contribution in [1.82, 2.24) is 9.88 Å². The number of pyridine rings is 1. The number of carbonyl (C=O) groups is 1. The zero-order valence-electron chi connectivity index (χ0n) is 11.9. The minimum Gasteiger partial charge on any atom is -0.372 e. The molecule has 1 aromatic rings. The molecule has 1 aliphatic rings. The van der Waals surface area contributed by atoms with Crippen molar-refractivity contribution in [3.8, 4) is 0 Å². The van der Waals surface area contributed by atoms with Crippen molar-refractivity contribution in [1.29, 1.82) is 0 Å². The van der Waals surface area contributed by atoms with Crippen molar-refractivity contribution in [2.45, 2.75) is 33.1 Å². The van der Waals surface area contributed by atoms with Gasteiger partial charge in [-0.3, -0.25) is 9.78 Å². The molecule has 4 heteroatoms. The number of amides is 1. The molecule has 2 heterocycles. The summed E-state index contributed by atoms with van der Waals surface area (Å²) in [5.74, 6) is 0.0775. The van der Waals surface area contributed by atoms with Crippen LogP contribution in [0.15, 0.2) is 18.3 Å². The van der Waals surface area contributed by atoms with Crippen LogP contribution in [0.1, 0.15) is 43.6 Å². The summed E-state index contributed by atoms with van der Waals surface area (Å²) in [6, 6.07) is 3.89. The predicted molar refractivity (Wildman–Crippen MR) is 77.6 cm³/mol. The molecule has 1 amide bonds. The summed E-state index contributed by atoms with van der Waals surface area (Å²) in [7, 11) is 0. The average Bonchev–Trinajstić information content (AvgIpc) is 2.49. The number of aromatic nitrogens is 1. The fourth-order valence-corrected chi connectivity index (χ4v) is 2.58. The standard InChI is InChI=1S/C15H23N3O/c1-3-17(4-2)13-8-9-16-14(12-13)15(19)18-10-6-5-7-11-18/h8-9,12H,3-7,10-11H2,1-2H3. The molecule has 2 rings (SSSR count). The van der Waals surface area contributed by atoms with Crippen LogP contribution in [0.3, 0.4) is 0 Å². The Morgan fingerprint density at radius 2 is 1.95 bits per heavy atom. The molecule has 1 saturated heterocycles. The largest absolute Gasteiger partial charge is 0.372 e. The van der Waals surface area contributed by atoms with Gasteiger partial charge in [-0.1, -0.05) is 0 Å². The number of piperidine rings is 1. The molecular formula is C15H23N3O. The first-order valence-electron chi connectivity index (χ1n) is 7.26. The molecule has 0 unspecified atom stereocenters. The van der Waals surface area contributed by atoms with E-state index in [1.807, 2.05) is 17.0 Å². The molecular weight excluding hydrogens is 238 g/mol. The van der Waals surface area contributed by atoms with Gasteiger partial charge in [0.15, 0.2) is 0 Å². The van der Waals surface area contributed by atoms with Crippen LogP contribution in [-0.2, 0) is 0 Å². The maximum Gasteiger partial charge on any atom is 0.272 e. The van der Waals surface area contributed by atoms with E-state index in [1.165, 1.54) is 6.42 Å². The molecule has 0 bridgehead atoms. The Morgan fingerprint density at radius 1 is 1.26 bits per heavy atom. The zero-order chi connectivity index (χ0) is 13.7. The van der Waals surface area contributed by atoms with Gasteiger partial charge in [-0.2, -0.15) is 0 Å². The highest BCUT2D eigenvalue weighted by molar-refractivity contribution is 5.93. The molecule has 0 atom stereocenters. The molecule has 4 nitrogen and oxygen atoms in total. The van der Waals surface area contributed by atoms with Gasteiger partial charge in [-0.15, -0.1) is 0 Å². The smallest absolute Gasteiger partial charge is 0.272 e. The lowest BCUT2D eigenvalue weighted by Crippen LogP contribution is -2.36. The molecule has 0 saturated carbocycles. The quantitative estimate of drug-likeness (QED) is 0.835. The minimum atomic E-state index is 0.0775. The van der Waals surface area contributed by atoms with E-state index in [-0.39, 0.29) is 5.91 Å². The average molecular weight is 261 g/mol. The van der Waals surface area contributed by atoms with E-state index in [0.29, 0.717) is 5.69 Å². The molecule has 0 aliphatic carbocycles. The lowest BCUT2D eigenvalue weighted by Gasteiger charge is -2.27. The van der Waals surface area contributed by atoms with Crippen molar-refractivity contribution < 1.29 is 4.79 Å². The third-order valence-corrected chi connectivity index (χ3v) is 3.73. The number of anilines is 1. The first-order valence-corrected chi connectivity index (χ1v) is 7.26. The van der Waals surface area contributed by atoms with Crippen LogP contribution in [-0.4, -0.2) is 42.0 Å². The Hall–Kier alpha value is -1.58. The Bertz CT molecular complexity index is 423. The zero-order valence-corrected chi connectivity index (χ0v) is 11.9. The third-order valence-electron chi connectivity index (χ3n) is 3.73. The lowest BCUT2D eigenvalue weighted by molar-refractivity contribution is 0.0718. The number of hydrogen-bond donors (Lipinski definition) is 0. The van der Waals surface area contributed by atoms with E-state index in [2.05, 4.69) is 23.7 Å². The summed E-state index contributed by atoms with van der Waals surface area (Å²) in [5, 5.41) is 0. The second-order valence-corrected chi connectivity index (χ2v) is 4.92. The first kappa shape index (κ1) is 13.8. The van der Waals surface area contributed by atoms with E-state index in [1.54, 1.807) is 6.20 Å². The second kappa shape index (κ2) is 6.55. The summed E-state index contributed by atoms with van der Waals surface area (Å²) in [4.78, 5) is 20.8. The maximum atomic E-state index is 12.4. The number of hydrogen-bond acceptors (Lipinski definition) is 3. The fourth-order valence-electron chi connectivity index (χ4n) is 2.58. The van der Waals surface area contributed by atoms with Gasteiger partial charge < -0.3 is 9.80 Å². The molecule has 104 valence electrons. The van der Waals surface area contributed by atoms with Crippen LogP contribution in [0.5, 0.6) is 0 Å². The van der Waals surface area contributed by atoms with E-state index in [9.17, 15) is 4.79 Å². The Kier molecular flexibility index (Phi) is 4.77. The first-order chi connectivity index (χ1) is 9.26. The number of nitrogens with zero attached hydrogens (tertiary/aromatic N) is 3. The monoisotopic (exact) mass is 261 g/mol. The molecule has 0 spiro atoms. The van der Waals surface area contributed by atoms with Crippen LogP contribution in [0.2, 0.25) is 0 Å². The van der Waals surface area contributed by atoms with Crippen LogP contribution >= 0.6 is 0 Å². The third kappa shape index (κ3) is 3.25. The molecule has 0 N–H and O–H groups in total. The van der Waals surface area contributed by atoms with E-state index < -0.39 is 0 Å². The van der Waals surface area contributed by atoms with Crippen LogP contribution in [0, 0.1) is 0 Å². The van der Waals surface area contributed by atoms with E-state index >= 15 is 0 Å². The Labute approximate surface area is 115 Å². The lowest BCUT2D eigenvalue weighted by atomic mass is 10.1. The highest BCUT2D eigenvalue weighted by Crippen LogP contribution is 2.17. The Morgan fingerprint density at radius 3 is 2.58 bits per heavy atom. The number of rotatable bonds is 4. The van der Waals surface area contributed by atoms with E-state index in [4.69, 9.17) is 0 Å². The summed E-state index contributed by atoms with van der Waals surface area (Å²) in [6.07, 6.45) is 5.20. The highest BCUT2D eigenvalue weighted by Gasteiger charge is 2.19. The second-order valence-electron chi connectivity index (χ2n) is 4.92. The normalized spacial score (nSPS) is 15.4. The molecule has 1 aromatic heterocycles. The molecule has 1 aliphatic heterocycles. The summed E-state index contributed by atoms with van der Waals surface area (Å²) < 4.78 is 0. The van der Waals surface area contributed by atoms with Gasteiger partial charge >= 0.3 is 0 Å². The van der Waals surface area contributed by atoms with Crippen LogP contribution in [0.25, 0.3) is 0 Å². The summed E-state index contributed by atoms with van der Waals surface area (Å²) in [6.45, 7) is 7.87. The summed E-state index contributed by atoms with van der Waals surface area (Å²) >= 11 is 0. The van der Waals surface area contributed by atoms with Crippen molar-refractivity contribution >= 4 is 11.6 Å². The fraction of sp³-hybridized carbons (Fsp3) is 0.600. The van der Waals surface area contributed by atoms with Gasteiger partial charge in [-0.25, -0.2) is 0 Å². The number of carbonyl (C=O) groups excluding carboxylic acids is 1. The highest BCUT2D eigenvalue weighted by atomic mass is 16.2. The number of likely N-dealkylation sites (tertiary alicyclic amines) is 1. The van der Waals surface area contributed by atoms with Gasteiger partial charge in [0.25, 0.3) is 5.91 Å². The maximum absolute atomic E-state index is 12.4. The summed E-state index contributed by atoms with van der Waals surface area (Å²) in [5.41, 5.74) is 1.66. The van der Waals surface area contributed by atoms with Crippen molar-refractivity contribution in [2.24, 2.45) is 0 Å². The van der Waals surface area contributed by atoms with Crippen molar-refractivity contribution in [2.75, 3.05) is 31.1 Å². The van der Waals surface area contributed by atoms with Crippen molar-refractivity contribution in [3.05, 3.63) is 24.0 Å². The predicted octanol–water partition coefficient (Wildman–Crippen LogP) is 2.55.